The van der Waals surface area contributed by atoms with Crippen LogP contribution in [0.4, 0.5) is 0 Å². The van der Waals surface area contributed by atoms with Gasteiger partial charge in [-0.25, -0.2) is 0 Å². The monoisotopic (exact) mass is 372 g/mol. The zero-order valence-corrected chi connectivity index (χ0v) is 13.0. The van der Waals surface area contributed by atoms with E-state index in [-0.39, 0.29) is 17.9 Å². The Morgan fingerprint density at radius 3 is 2.95 bits per heavy atom. The Morgan fingerprint density at radius 2 is 2.32 bits per heavy atom. The number of likely N-dealkylation sites (tertiary alicyclic amines) is 1. The highest BCUT2D eigenvalue weighted by molar-refractivity contribution is 14.1. The number of carbonyl (C=O) groups excluding carboxylic acids is 2. The lowest BCUT2D eigenvalue weighted by Gasteiger charge is -2.21. The van der Waals surface area contributed by atoms with Crippen LogP contribution in [0.2, 0.25) is 0 Å². The molecule has 0 aromatic heterocycles. The van der Waals surface area contributed by atoms with E-state index >= 15 is 0 Å². The lowest BCUT2D eigenvalue weighted by Crippen LogP contribution is -2.42. The van der Waals surface area contributed by atoms with Gasteiger partial charge in [-0.15, -0.1) is 0 Å². The lowest BCUT2D eigenvalue weighted by atomic mass is 10.2. The van der Waals surface area contributed by atoms with E-state index in [0.29, 0.717) is 18.5 Å². The fraction of sp³-hybridized carbons (Fsp3) is 0.429. The van der Waals surface area contributed by atoms with Crippen LogP contribution >= 0.6 is 22.6 Å². The molecule has 1 aromatic carbocycles. The molecular formula is C14H17IN2O2. The number of hydrogen-bond acceptors (Lipinski definition) is 2. The highest BCUT2D eigenvalue weighted by atomic mass is 127. The molecular weight excluding hydrogens is 355 g/mol. The molecule has 1 aliphatic rings. The van der Waals surface area contributed by atoms with Crippen molar-refractivity contribution < 1.29 is 9.59 Å². The molecule has 0 bridgehead atoms. The highest BCUT2D eigenvalue weighted by Gasteiger charge is 2.22. The van der Waals surface area contributed by atoms with Crippen LogP contribution < -0.4 is 5.32 Å². The van der Waals surface area contributed by atoms with Crippen molar-refractivity contribution in [3.05, 3.63) is 33.4 Å². The second-order valence-corrected chi connectivity index (χ2v) is 6.07. The maximum atomic E-state index is 12.0. The number of nitrogens with one attached hydrogen (secondary N) is 1. The number of nitrogens with zero attached hydrogens (tertiary/aromatic N) is 1. The Bertz CT molecular complexity index is 490. The van der Waals surface area contributed by atoms with Crippen LogP contribution in [0.5, 0.6) is 0 Å². The molecule has 4 nitrogen and oxygen atoms in total. The largest absolute Gasteiger partial charge is 0.348 e. The first-order valence-corrected chi connectivity index (χ1v) is 7.48. The topological polar surface area (TPSA) is 49.4 Å². The third-order valence-electron chi connectivity index (χ3n) is 3.13. The normalized spacial score (nSPS) is 16.5. The average molecular weight is 372 g/mol. The predicted molar refractivity (Wildman–Crippen MR) is 81.9 cm³/mol. The van der Waals surface area contributed by atoms with Crippen LogP contribution in [0, 0.1) is 3.57 Å². The minimum Gasteiger partial charge on any atom is -0.348 e. The van der Waals surface area contributed by atoms with Gasteiger partial charge in [-0.05, 0) is 54.1 Å². The fourth-order valence-corrected chi connectivity index (χ4v) is 2.75. The van der Waals surface area contributed by atoms with E-state index in [1.807, 2.05) is 30.0 Å². The number of benzene rings is 1. The molecule has 0 radical (unpaired) electrons. The van der Waals surface area contributed by atoms with Gasteiger partial charge >= 0.3 is 0 Å². The number of carbonyl (C=O) groups is 2. The molecule has 0 spiro atoms. The summed E-state index contributed by atoms with van der Waals surface area (Å²) >= 11 is 2.18. The third-order valence-corrected chi connectivity index (χ3v) is 3.80. The van der Waals surface area contributed by atoms with Gasteiger partial charge in [-0.3, -0.25) is 9.59 Å². The maximum absolute atomic E-state index is 12.0. The summed E-state index contributed by atoms with van der Waals surface area (Å²) in [5.41, 5.74) is 0.659. The van der Waals surface area contributed by atoms with Crippen molar-refractivity contribution in [1.82, 2.24) is 10.2 Å². The quantitative estimate of drug-likeness (QED) is 0.823. The summed E-state index contributed by atoms with van der Waals surface area (Å²) in [6.45, 7) is 3.33. The Kier molecular flexibility index (Phi) is 4.79. The predicted octanol–water partition coefficient (Wildman–Crippen LogP) is 2.03. The average Bonchev–Trinajstić information content (AvgIpc) is 2.75. The number of amides is 2. The van der Waals surface area contributed by atoms with E-state index < -0.39 is 0 Å². The molecule has 2 amide bonds. The van der Waals surface area contributed by atoms with E-state index in [2.05, 4.69) is 27.9 Å². The molecule has 1 aliphatic heterocycles. The molecule has 5 heteroatoms. The van der Waals surface area contributed by atoms with E-state index in [9.17, 15) is 9.59 Å². The molecule has 1 fully saturated rings. The van der Waals surface area contributed by atoms with Gasteiger partial charge in [0.05, 0.1) is 0 Å². The van der Waals surface area contributed by atoms with Crippen LogP contribution in [0.25, 0.3) is 0 Å². The lowest BCUT2D eigenvalue weighted by molar-refractivity contribution is -0.127. The Labute approximate surface area is 126 Å². The second kappa shape index (κ2) is 6.36. The van der Waals surface area contributed by atoms with Crippen molar-refractivity contribution >= 4 is 34.4 Å². The molecule has 1 N–H and O–H groups in total. The third kappa shape index (κ3) is 3.92. The number of halogens is 1. The van der Waals surface area contributed by atoms with Gasteiger partial charge in [0.2, 0.25) is 5.91 Å². The minimum atomic E-state index is -0.0855. The first-order chi connectivity index (χ1) is 9.06. The van der Waals surface area contributed by atoms with Gasteiger partial charge in [0, 0.05) is 34.7 Å². The Hall–Kier alpha value is -1.11. The summed E-state index contributed by atoms with van der Waals surface area (Å²) in [5.74, 6) is 0.105. The zero-order chi connectivity index (χ0) is 13.8. The smallest absolute Gasteiger partial charge is 0.251 e. The highest BCUT2D eigenvalue weighted by Crippen LogP contribution is 2.11. The first-order valence-electron chi connectivity index (χ1n) is 6.40. The van der Waals surface area contributed by atoms with Crippen molar-refractivity contribution in [2.75, 3.05) is 13.1 Å². The van der Waals surface area contributed by atoms with Crippen molar-refractivity contribution in [3.8, 4) is 0 Å². The van der Waals surface area contributed by atoms with Crippen LogP contribution in [0.1, 0.15) is 30.1 Å². The molecule has 2 rings (SSSR count). The van der Waals surface area contributed by atoms with Gasteiger partial charge in [0.25, 0.3) is 5.91 Å². The van der Waals surface area contributed by atoms with Crippen LogP contribution in [-0.4, -0.2) is 35.8 Å². The molecule has 19 heavy (non-hydrogen) atoms. The summed E-state index contributed by atoms with van der Waals surface area (Å²) in [5, 5.41) is 2.93. The second-order valence-electron chi connectivity index (χ2n) is 4.83. The summed E-state index contributed by atoms with van der Waals surface area (Å²) in [7, 11) is 0. The van der Waals surface area contributed by atoms with E-state index in [0.717, 1.165) is 16.5 Å². The number of rotatable bonds is 4. The van der Waals surface area contributed by atoms with Gasteiger partial charge in [0.15, 0.2) is 0 Å². The van der Waals surface area contributed by atoms with Crippen molar-refractivity contribution in [1.29, 1.82) is 0 Å². The van der Waals surface area contributed by atoms with Crippen molar-refractivity contribution in [2.45, 2.75) is 25.8 Å². The van der Waals surface area contributed by atoms with Crippen molar-refractivity contribution in [3.63, 3.8) is 0 Å². The molecule has 1 saturated heterocycles. The van der Waals surface area contributed by atoms with E-state index in [4.69, 9.17) is 0 Å². The SMILES string of the molecule is CC(CN1CCCC1=O)NC(=O)c1cccc(I)c1. The Balaban J connectivity index is 1.89. The first kappa shape index (κ1) is 14.3. The molecule has 1 heterocycles. The molecule has 0 aliphatic carbocycles. The van der Waals surface area contributed by atoms with Gasteiger partial charge < -0.3 is 10.2 Å². The number of hydrogen-bond donors (Lipinski definition) is 1. The standard InChI is InChI=1S/C14H17IN2O2/c1-10(9-17-7-3-6-13(17)18)16-14(19)11-4-2-5-12(15)8-11/h2,4-5,8,10H,3,6-7,9H2,1H3,(H,16,19). The van der Waals surface area contributed by atoms with Crippen LogP contribution in [0.3, 0.4) is 0 Å². The van der Waals surface area contributed by atoms with Crippen LogP contribution in [-0.2, 0) is 4.79 Å². The summed E-state index contributed by atoms with van der Waals surface area (Å²) in [4.78, 5) is 25.4. The minimum absolute atomic E-state index is 0.0348. The van der Waals surface area contributed by atoms with Gasteiger partial charge in [0.1, 0.15) is 0 Å². The molecule has 102 valence electrons. The zero-order valence-electron chi connectivity index (χ0n) is 10.9. The van der Waals surface area contributed by atoms with E-state index in [1.165, 1.54) is 0 Å². The summed E-state index contributed by atoms with van der Waals surface area (Å²) in [6.07, 6.45) is 1.56. The summed E-state index contributed by atoms with van der Waals surface area (Å²) in [6, 6.07) is 7.43. The van der Waals surface area contributed by atoms with Crippen LogP contribution in [0.15, 0.2) is 24.3 Å². The maximum Gasteiger partial charge on any atom is 0.251 e. The summed E-state index contributed by atoms with van der Waals surface area (Å²) < 4.78 is 1.03. The van der Waals surface area contributed by atoms with E-state index in [1.54, 1.807) is 6.07 Å². The van der Waals surface area contributed by atoms with Crippen molar-refractivity contribution in [2.24, 2.45) is 0 Å². The molecule has 1 atom stereocenters. The van der Waals surface area contributed by atoms with Gasteiger partial charge in [-0.1, -0.05) is 6.07 Å². The molecule has 0 saturated carbocycles. The molecule has 1 unspecified atom stereocenters. The fourth-order valence-electron chi connectivity index (χ4n) is 2.21. The van der Waals surface area contributed by atoms with Gasteiger partial charge in [-0.2, -0.15) is 0 Å². The molecule has 1 aromatic rings. The Morgan fingerprint density at radius 1 is 1.53 bits per heavy atom.